The molecule has 0 aliphatic carbocycles. The number of sulfonamides is 1. The SMILES string of the molecule is CN=C(NCCNS(=O)(=O)c1ccc(Cl)s1)NCc1nc(C)c(C)o1. The summed E-state index contributed by atoms with van der Waals surface area (Å²) in [4.78, 5) is 8.33. The molecule has 0 saturated carbocycles. The number of halogens is 1. The van der Waals surface area contributed by atoms with Crippen LogP contribution in [0.4, 0.5) is 0 Å². The molecule has 0 atom stereocenters. The normalized spacial score (nSPS) is 12.4. The van der Waals surface area contributed by atoms with Gasteiger partial charge in [0.15, 0.2) is 5.96 Å². The van der Waals surface area contributed by atoms with Crippen LogP contribution in [0.25, 0.3) is 0 Å². The van der Waals surface area contributed by atoms with Gasteiger partial charge in [-0.3, -0.25) is 4.99 Å². The van der Waals surface area contributed by atoms with Crippen LogP contribution in [-0.4, -0.2) is 39.5 Å². The van der Waals surface area contributed by atoms with Crippen molar-refractivity contribution in [2.24, 2.45) is 4.99 Å². The summed E-state index contributed by atoms with van der Waals surface area (Å²) in [6, 6.07) is 3.03. The van der Waals surface area contributed by atoms with E-state index in [0.717, 1.165) is 22.8 Å². The van der Waals surface area contributed by atoms with Gasteiger partial charge in [0.1, 0.15) is 9.97 Å². The number of hydrogen-bond donors (Lipinski definition) is 3. The van der Waals surface area contributed by atoms with Gasteiger partial charge in [-0.2, -0.15) is 0 Å². The highest BCUT2D eigenvalue weighted by atomic mass is 35.5. The number of aromatic nitrogens is 1. The summed E-state index contributed by atoms with van der Waals surface area (Å²) in [5, 5.41) is 6.06. The summed E-state index contributed by atoms with van der Waals surface area (Å²) in [5.74, 6) is 1.86. The van der Waals surface area contributed by atoms with Crippen molar-refractivity contribution in [1.29, 1.82) is 0 Å². The van der Waals surface area contributed by atoms with Crippen LogP contribution in [0.1, 0.15) is 17.3 Å². The lowest BCUT2D eigenvalue weighted by atomic mass is 10.4. The molecule has 11 heteroatoms. The third kappa shape index (κ3) is 5.70. The van der Waals surface area contributed by atoms with E-state index in [-0.39, 0.29) is 10.8 Å². The molecule has 0 amide bonds. The van der Waals surface area contributed by atoms with Crippen molar-refractivity contribution in [2.45, 2.75) is 24.6 Å². The first-order chi connectivity index (χ1) is 11.8. The summed E-state index contributed by atoms with van der Waals surface area (Å²) < 4.78 is 32.7. The first-order valence-electron chi connectivity index (χ1n) is 7.44. The van der Waals surface area contributed by atoms with E-state index in [2.05, 4.69) is 25.3 Å². The van der Waals surface area contributed by atoms with Crippen molar-refractivity contribution in [3.05, 3.63) is 33.8 Å². The van der Waals surface area contributed by atoms with Crippen LogP contribution in [0.2, 0.25) is 4.34 Å². The quantitative estimate of drug-likeness (QED) is 0.367. The molecule has 0 unspecified atom stereocenters. The standard InChI is InChI=1S/C14H20ClN5O3S2/c1-9-10(2)23-12(20-9)8-18-14(16-3)17-6-7-19-25(21,22)13-5-4-11(15)24-13/h4-5,19H,6-8H2,1-3H3,(H2,16,17,18). The summed E-state index contributed by atoms with van der Waals surface area (Å²) in [5.41, 5.74) is 0.850. The van der Waals surface area contributed by atoms with Gasteiger partial charge in [0.2, 0.25) is 15.9 Å². The summed E-state index contributed by atoms with van der Waals surface area (Å²) in [6.45, 7) is 4.68. The Morgan fingerprint density at radius 1 is 1.32 bits per heavy atom. The molecule has 0 aromatic carbocycles. The van der Waals surface area contributed by atoms with E-state index >= 15 is 0 Å². The van der Waals surface area contributed by atoms with Crippen molar-refractivity contribution >= 4 is 38.9 Å². The molecule has 0 radical (unpaired) electrons. The van der Waals surface area contributed by atoms with Gasteiger partial charge in [0.25, 0.3) is 0 Å². The van der Waals surface area contributed by atoms with Crippen molar-refractivity contribution < 1.29 is 12.8 Å². The molecule has 0 aliphatic rings. The molecule has 2 aromatic rings. The third-order valence-corrected chi connectivity index (χ3v) is 6.41. The van der Waals surface area contributed by atoms with Gasteiger partial charge in [-0.25, -0.2) is 18.1 Å². The van der Waals surface area contributed by atoms with Crippen LogP contribution >= 0.6 is 22.9 Å². The fraction of sp³-hybridized carbons (Fsp3) is 0.429. The zero-order chi connectivity index (χ0) is 18.4. The zero-order valence-electron chi connectivity index (χ0n) is 14.1. The minimum Gasteiger partial charge on any atom is -0.444 e. The Morgan fingerprint density at radius 3 is 2.64 bits per heavy atom. The first-order valence-corrected chi connectivity index (χ1v) is 10.1. The highest BCUT2D eigenvalue weighted by Gasteiger charge is 2.15. The second-order valence-corrected chi connectivity index (χ2v) is 8.77. The van der Waals surface area contributed by atoms with Crippen molar-refractivity contribution in [1.82, 2.24) is 20.3 Å². The number of aryl methyl sites for hydroxylation is 2. The Labute approximate surface area is 155 Å². The van der Waals surface area contributed by atoms with Gasteiger partial charge in [-0.05, 0) is 26.0 Å². The van der Waals surface area contributed by atoms with E-state index in [9.17, 15) is 8.42 Å². The monoisotopic (exact) mass is 405 g/mol. The lowest BCUT2D eigenvalue weighted by molar-refractivity contribution is 0.464. The second-order valence-electron chi connectivity index (χ2n) is 5.06. The van der Waals surface area contributed by atoms with E-state index in [1.807, 2.05) is 13.8 Å². The van der Waals surface area contributed by atoms with Crippen molar-refractivity contribution in [3.63, 3.8) is 0 Å². The van der Waals surface area contributed by atoms with E-state index < -0.39 is 10.0 Å². The highest BCUT2D eigenvalue weighted by Crippen LogP contribution is 2.25. The summed E-state index contributed by atoms with van der Waals surface area (Å²) >= 11 is 6.78. The Kier molecular flexibility index (Phi) is 6.82. The lowest BCUT2D eigenvalue weighted by Crippen LogP contribution is -2.41. The van der Waals surface area contributed by atoms with Crippen molar-refractivity contribution in [3.8, 4) is 0 Å². The average Bonchev–Trinajstić information content (AvgIpc) is 3.13. The molecule has 0 saturated heterocycles. The minimum atomic E-state index is -3.54. The van der Waals surface area contributed by atoms with Gasteiger partial charge in [-0.15, -0.1) is 11.3 Å². The molecule has 25 heavy (non-hydrogen) atoms. The maximum absolute atomic E-state index is 12.1. The molecule has 0 fully saturated rings. The van der Waals surface area contributed by atoms with Gasteiger partial charge in [0, 0.05) is 20.1 Å². The van der Waals surface area contributed by atoms with Crippen LogP contribution < -0.4 is 15.4 Å². The summed E-state index contributed by atoms with van der Waals surface area (Å²) in [6.07, 6.45) is 0. The predicted molar refractivity (Wildman–Crippen MR) is 98.7 cm³/mol. The van der Waals surface area contributed by atoms with Gasteiger partial charge < -0.3 is 15.1 Å². The molecule has 0 bridgehead atoms. The Bertz CT molecular complexity index is 825. The highest BCUT2D eigenvalue weighted by molar-refractivity contribution is 7.91. The van der Waals surface area contributed by atoms with Crippen LogP contribution in [0.5, 0.6) is 0 Å². The number of thiophene rings is 1. The van der Waals surface area contributed by atoms with Crippen LogP contribution in [0, 0.1) is 13.8 Å². The zero-order valence-corrected chi connectivity index (χ0v) is 16.5. The van der Waals surface area contributed by atoms with E-state index in [0.29, 0.717) is 29.3 Å². The second kappa shape index (κ2) is 8.65. The smallest absolute Gasteiger partial charge is 0.250 e. The van der Waals surface area contributed by atoms with Gasteiger partial charge in [0.05, 0.1) is 16.6 Å². The summed E-state index contributed by atoms with van der Waals surface area (Å²) in [7, 11) is -1.92. The Hall–Kier alpha value is -1.62. The molecule has 2 heterocycles. The fourth-order valence-electron chi connectivity index (χ4n) is 1.87. The average molecular weight is 406 g/mol. The minimum absolute atomic E-state index is 0.189. The van der Waals surface area contributed by atoms with Gasteiger partial charge in [-0.1, -0.05) is 11.6 Å². The fourth-order valence-corrected chi connectivity index (χ4v) is 4.43. The largest absolute Gasteiger partial charge is 0.444 e. The molecule has 3 N–H and O–H groups in total. The number of nitrogens with one attached hydrogen (secondary N) is 3. The first kappa shape index (κ1) is 19.7. The van der Waals surface area contributed by atoms with Crippen LogP contribution in [-0.2, 0) is 16.6 Å². The number of hydrogen-bond acceptors (Lipinski definition) is 6. The number of nitrogens with zero attached hydrogens (tertiary/aromatic N) is 2. The molecule has 0 aliphatic heterocycles. The van der Waals surface area contributed by atoms with Crippen LogP contribution in [0.3, 0.4) is 0 Å². The molecular formula is C14H20ClN5O3S2. The van der Waals surface area contributed by atoms with E-state index in [4.69, 9.17) is 16.0 Å². The number of oxazole rings is 1. The molecule has 2 aromatic heterocycles. The molecular weight excluding hydrogens is 386 g/mol. The maximum Gasteiger partial charge on any atom is 0.250 e. The topological polar surface area (TPSA) is 109 Å². The Balaban J connectivity index is 1.75. The third-order valence-electron chi connectivity index (χ3n) is 3.23. The lowest BCUT2D eigenvalue weighted by Gasteiger charge is -2.11. The van der Waals surface area contributed by atoms with E-state index in [1.165, 1.54) is 6.07 Å². The number of guanidine groups is 1. The van der Waals surface area contributed by atoms with Crippen LogP contribution in [0.15, 0.2) is 25.8 Å². The molecule has 0 spiro atoms. The number of rotatable bonds is 7. The van der Waals surface area contributed by atoms with E-state index in [1.54, 1.807) is 13.1 Å². The maximum atomic E-state index is 12.1. The molecule has 138 valence electrons. The Morgan fingerprint density at radius 2 is 2.08 bits per heavy atom. The number of aliphatic imine (C=N–C) groups is 1. The predicted octanol–water partition coefficient (Wildman–Crippen LogP) is 1.65. The van der Waals surface area contributed by atoms with Crippen molar-refractivity contribution in [2.75, 3.05) is 20.1 Å². The van der Waals surface area contributed by atoms with Gasteiger partial charge >= 0.3 is 0 Å². The molecule has 8 nitrogen and oxygen atoms in total. The molecule has 2 rings (SSSR count).